The molecule has 1 aliphatic heterocycles. The first kappa shape index (κ1) is 4.74. The Balaban J connectivity index is 2.26. The molecule has 1 radical (unpaired) electrons. The highest BCUT2D eigenvalue weighted by atomic mass is 17.2. The summed E-state index contributed by atoms with van der Waals surface area (Å²) in [7, 11) is 0. The monoisotopic (exact) mass is 101 g/mol. The summed E-state index contributed by atoms with van der Waals surface area (Å²) in [6.07, 6.45) is 1.88. The Hall–Kier alpha value is -0.410. The minimum Gasteiger partial charge on any atom is -0.288 e. The lowest BCUT2D eigenvalue weighted by Gasteiger charge is -1.88. The molecule has 0 aromatic rings. The smallest absolute Gasteiger partial charge is 0.233 e. The number of hydrogen-bond acceptors (Lipinski definition) is 3. The summed E-state index contributed by atoms with van der Waals surface area (Å²) in [6.45, 7) is 0.514. The van der Waals surface area contributed by atoms with E-state index >= 15 is 0 Å². The van der Waals surface area contributed by atoms with Gasteiger partial charge >= 0.3 is 0 Å². The molecule has 0 aromatic heterocycles. The van der Waals surface area contributed by atoms with Crippen molar-refractivity contribution in [3.05, 3.63) is 0 Å². The predicted molar refractivity (Wildman–Crippen MR) is 21.1 cm³/mol. The van der Waals surface area contributed by atoms with Gasteiger partial charge in [-0.1, -0.05) is 0 Å². The van der Waals surface area contributed by atoms with Crippen LogP contribution in [0.15, 0.2) is 0 Å². The summed E-state index contributed by atoms with van der Waals surface area (Å²) in [4.78, 5) is 18.4. The Labute approximate surface area is 41.1 Å². The summed E-state index contributed by atoms with van der Waals surface area (Å²) in [5, 5.41) is 0. The fourth-order valence-corrected chi connectivity index (χ4v) is 0.412. The highest BCUT2D eigenvalue weighted by Crippen LogP contribution is 2.04. The van der Waals surface area contributed by atoms with Crippen LogP contribution in [0.4, 0.5) is 0 Å². The van der Waals surface area contributed by atoms with Crippen LogP contribution in [0.2, 0.25) is 0 Å². The second kappa shape index (κ2) is 2.04. The fraction of sp³-hybridized carbons (Fsp3) is 0.750. The molecule has 0 aromatic carbocycles. The molecule has 1 aliphatic rings. The Kier molecular flexibility index (Phi) is 1.38. The van der Waals surface area contributed by atoms with Gasteiger partial charge in [-0.05, 0) is 0 Å². The van der Waals surface area contributed by atoms with Crippen molar-refractivity contribution in [2.75, 3.05) is 6.61 Å². The minimum absolute atomic E-state index is 0.431. The van der Waals surface area contributed by atoms with E-state index in [0.717, 1.165) is 0 Å². The summed E-state index contributed by atoms with van der Waals surface area (Å²) in [6, 6.07) is 0. The van der Waals surface area contributed by atoms with Crippen LogP contribution in [0, 0.1) is 0 Å². The van der Waals surface area contributed by atoms with Crippen LogP contribution in [-0.2, 0) is 14.6 Å². The van der Waals surface area contributed by atoms with Gasteiger partial charge in [-0.25, -0.2) is 9.78 Å². The molecule has 39 valence electrons. The summed E-state index contributed by atoms with van der Waals surface area (Å²) in [5.41, 5.74) is 0. The molecule has 0 spiro atoms. The van der Waals surface area contributed by atoms with Gasteiger partial charge in [0.05, 0.1) is 6.61 Å². The maximum atomic E-state index is 9.68. The van der Waals surface area contributed by atoms with Gasteiger partial charge in [-0.3, -0.25) is 4.79 Å². The molecule has 1 unspecified atom stereocenters. The number of rotatable bonds is 1. The van der Waals surface area contributed by atoms with Gasteiger partial charge in [0.25, 0.3) is 0 Å². The van der Waals surface area contributed by atoms with E-state index in [-0.39, 0.29) is 0 Å². The van der Waals surface area contributed by atoms with Crippen LogP contribution < -0.4 is 0 Å². The maximum absolute atomic E-state index is 9.68. The molecule has 1 saturated heterocycles. The molecule has 1 atom stereocenters. The van der Waals surface area contributed by atoms with Gasteiger partial charge in [-0.2, -0.15) is 0 Å². The molecule has 1 fully saturated rings. The van der Waals surface area contributed by atoms with Crippen molar-refractivity contribution in [2.45, 2.75) is 12.5 Å². The fourth-order valence-electron chi connectivity index (χ4n) is 0.412. The van der Waals surface area contributed by atoms with Crippen molar-refractivity contribution in [3.8, 4) is 0 Å². The zero-order chi connectivity index (χ0) is 5.11. The quantitative estimate of drug-likeness (QED) is 0.430. The van der Waals surface area contributed by atoms with Crippen LogP contribution in [0.5, 0.6) is 0 Å². The van der Waals surface area contributed by atoms with Gasteiger partial charge in [0.1, 0.15) is 0 Å². The second-order valence-electron chi connectivity index (χ2n) is 1.31. The zero-order valence-corrected chi connectivity index (χ0v) is 3.72. The molecule has 3 nitrogen and oxygen atoms in total. The standard InChI is InChI=1S/C4H5O3/c5-3-4-1-2-6-7-4/h4H,1-2H2. The van der Waals surface area contributed by atoms with E-state index in [1.807, 2.05) is 0 Å². The number of carbonyl (C=O) groups excluding carboxylic acids is 1. The predicted octanol–water partition coefficient (Wildman–Crippen LogP) is -0.183. The molecule has 0 aliphatic carbocycles. The largest absolute Gasteiger partial charge is 0.288 e. The Morgan fingerprint density at radius 1 is 1.71 bits per heavy atom. The average molecular weight is 101 g/mol. The SMILES string of the molecule is O=[C]C1CCOO1. The summed E-state index contributed by atoms with van der Waals surface area (Å²) in [5.74, 6) is 0. The van der Waals surface area contributed by atoms with E-state index in [9.17, 15) is 4.79 Å². The Bertz CT molecular complexity index is 65.3. The van der Waals surface area contributed by atoms with Crippen molar-refractivity contribution < 1.29 is 14.6 Å². The van der Waals surface area contributed by atoms with E-state index in [1.54, 1.807) is 6.29 Å². The summed E-state index contributed by atoms with van der Waals surface area (Å²) < 4.78 is 0. The van der Waals surface area contributed by atoms with Crippen molar-refractivity contribution in [3.63, 3.8) is 0 Å². The topological polar surface area (TPSA) is 35.5 Å². The first-order chi connectivity index (χ1) is 3.43. The molecule has 0 N–H and O–H groups in total. The summed E-state index contributed by atoms with van der Waals surface area (Å²) >= 11 is 0. The first-order valence-electron chi connectivity index (χ1n) is 2.09. The van der Waals surface area contributed by atoms with Crippen molar-refractivity contribution >= 4 is 6.29 Å². The van der Waals surface area contributed by atoms with Gasteiger partial charge < -0.3 is 0 Å². The van der Waals surface area contributed by atoms with Crippen LogP contribution in [0.25, 0.3) is 0 Å². The molecule has 1 heterocycles. The normalized spacial score (nSPS) is 30.6. The van der Waals surface area contributed by atoms with E-state index in [1.165, 1.54) is 0 Å². The molecule has 0 amide bonds. The lowest BCUT2D eigenvalue weighted by atomic mass is 10.3. The van der Waals surface area contributed by atoms with Crippen LogP contribution in [0.3, 0.4) is 0 Å². The van der Waals surface area contributed by atoms with E-state index in [2.05, 4.69) is 9.78 Å². The molecule has 0 saturated carbocycles. The first-order valence-corrected chi connectivity index (χ1v) is 2.09. The molecule has 3 heteroatoms. The molecular weight excluding hydrogens is 96.0 g/mol. The van der Waals surface area contributed by atoms with E-state index in [0.29, 0.717) is 13.0 Å². The van der Waals surface area contributed by atoms with Gasteiger partial charge in [0.15, 0.2) is 6.10 Å². The van der Waals surface area contributed by atoms with Crippen molar-refractivity contribution in [1.29, 1.82) is 0 Å². The lowest BCUT2D eigenvalue weighted by molar-refractivity contribution is -0.261. The van der Waals surface area contributed by atoms with Crippen LogP contribution in [0.1, 0.15) is 6.42 Å². The number of hydrogen-bond donors (Lipinski definition) is 0. The second-order valence-corrected chi connectivity index (χ2v) is 1.31. The molecule has 0 bridgehead atoms. The minimum atomic E-state index is -0.431. The lowest BCUT2D eigenvalue weighted by Crippen LogP contribution is -2.03. The Morgan fingerprint density at radius 3 is 2.86 bits per heavy atom. The third-order valence-electron chi connectivity index (χ3n) is 0.779. The maximum Gasteiger partial charge on any atom is 0.233 e. The third-order valence-corrected chi connectivity index (χ3v) is 0.779. The van der Waals surface area contributed by atoms with E-state index < -0.39 is 6.10 Å². The zero-order valence-electron chi connectivity index (χ0n) is 3.72. The van der Waals surface area contributed by atoms with Crippen molar-refractivity contribution in [1.82, 2.24) is 0 Å². The van der Waals surface area contributed by atoms with Crippen LogP contribution >= 0.6 is 0 Å². The third kappa shape index (κ3) is 0.976. The van der Waals surface area contributed by atoms with Crippen LogP contribution in [-0.4, -0.2) is 19.0 Å². The van der Waals surface area contributed by atoms with Gasteiger partial charge in [0, 0.05) is 6.42 Å². The van der Waals surface area contributed by atoms with E-state index in [4.69, 9.17) is 0 Å². The van der Waals surface area contributed by atoms with Gasteiger partial charge in [-0.15, -0.1) is 0 Å². The molecular formula is C4H5O3. The Morgan fingerprint density at radius 2 is 2.57 bits per heavy atom. The highest BCUT2D eigenvalue weighted by Gasteiger charge is 2.15. The molecule has 1 rings (SSSR count). The van der Waals surface area contributed by atoms with Crippen molar-refractivity contribution in [2.24, 2.45) is 0 Å². The average Bonchev–Trinajstić information content (AvgIpc) is 2.14. The molecule has 7 heavy (non-hydrogen) atoms. The van der Waals surface area contributed by atoms with Gasteiger partial charge in [0.2, 0.25) is 6.29 Å². The highest BCUT2D eigenvalue weighted by molar-refractivity contribution is 5.56.